The van der Waals surface area contributed by atoms with E-state index in [2.05, 4.69) is 5.32 Å². The summed E-state index contributed by atoms with van der Waals surface area (Å²) in [7, 11) is 0. The number of amides is 1. The highest BCUT2D eigenvalue weighted by Gasteiger charge is 2.46. The molecule has 1 aromatic carbocycles. The predicted molar refractivity (Wildman–Crippen MR) is 55.0 cm³/mol. The molecule has 2 rings (SSSR count). The van der Waals surface area contributed by atoms with E-state index in [0.29, 0.717) is 11.4 Å². The smallest absolute Gasteiger partial charge is 0.277 e. The number of rotatable bonds is 1. The molecular weight excluding hydrogens is 218 g/mol. The van der Waals surface area contributed by atoms with Crippen LogP contribution < -0.4 is 10.1 Å². The van der Waals surface area contributed by atoms with E-state index >= 15 is 0 Å². The summed E-state index contributed by atoms with van der Waals surface area (Å²) in [4.78, 5) is 22.7. The van der Waals surface area contributed by atoms with Crippen LogP contribution in [0.15, 0.2) is 24.3 Å². The molecule has 15 heavy (non-hydrogen) atoms. The number of fused-ring (bicyclic) bond motifs is 1. The minimum Gasteiger partial charge on any atom is -0.466 e. The first kappa shape index (κ1) is 9.98. The highest BCUT2D eigenvalue weighted by atomic mass is 35.5. The van der Waals surface area contributed by atoms with Crippen molar-refractivity contribution in [2.24, 2.45) is 0 Å². The zero-order chi connectivity index (χ0) is 11.1. The van der Waals surface area contributed by atoms with Crippen LogP contribution >= 0.6 is 11.6 Å². The van der Waals surface area contributed by atoms with Gasteiger partial charge in [0.2, 0.25) is 0 Å². The molecule has 1 aromatic rings. The second kappa shape index (κ2) is 3.24. The summed E-state index contributed by atoms with van der Waals surface area (Å²) in [5.41, 5.74) is -1.10. The van der Waals surface area contributed by atoms with Gasteiger partial charge in [0.1, 0.15) is 5.75 Å². The van der Waals surface area contributed by atoms with Crippen LogP contribution in [0.1, 0.15) is 6.92 Å². The third-order valence-corrected chi connectivity index (χ3v) is 2.62. The first-order valence-electron chi connectivity index (χ1n) is 4.33. The lowest BCUT2D eigenvalue weighted by molar-refractivity contribution is -0.140. The Morgan fingerprint density at radius 2 is 2.13 bits per heavy atom. The molecule has 0 saturated carbocycles. The van der Waals surface area contributed by atoms with Gasteiger partial charge in [-0.3, -0.25) is 9.59 Å². The van der Waals surface area contributed by atoms with Crippen LogP contribution in [0.25, 0.3) is 0 Å². The summed E-state index contributed by atoms with van der Waals surface area (Å²) < 4.78 is 5.30. The summed E-state index contributed by atoms with van der Waals surface area (Å²) in [6.45, 7) is 1.34. The molecule has 0 aliphatic carbocycles. The molecule has 4 nitrogen and oxygen atoms in total. The molecular formula is C10H8ClNO3. The average Bonchev–Trinajstić information content (AvgIpc) is 2.19. The second-order valence-corrected chi connectivity index (χ2v) is 3.70. The normalized spacial score (nSPS) is 23.7. The summed E-state index contributed by atoms with van der Waals surface area (Å²) in [5.74, 6) is -0.116. The summed E-state index contributed by atoms with van der Waals surface area (Å²) in [6, 6.07) is 6.85. The van der Waals surface area contributed by atoms with Gasteiger partial charge < -0.3 is 10.1 Å². The fraction of sp³-hybridized carbons (Fsp3) is 0.200. The van der Waals surface area contributed by atoms with Crippen molar-refractivity contribution < 1.29 is 14.3 Å². The molecule has 0 saturated heterocycles. The van der Waals surface area contributed by atoms with Crippen LogP contribution in [0.5, 0.6) is 5.75 Å². The van der Waals surface area contributed by atoms with Gasteiger partial charge in [-0.15, -0.1) is 0 Å². The maximum absolute atomic E-state index is 11.6. The molecule has 0 spiro atoms. The average molecular weight is 226 g/mol. The van der Waals surface area contributed by atoms with Crippen molar-refractivity contribution in [2.45, 2.75) is 12.5 Å². The van der Waals surface area contributed by atoms with E-state index < -0.39 is 16.8 Å². The molecule has 1 aliphatic heterocycles. The van der Waals surface area contributed by atoms with Crippen LogP contribution in [0.2, 0.25) is 0 Å². The van der Waals surface area contributed by atoms with Gasteiger partial charge in [-0.25, -0.2) is 0 Å². The second-order valence-electron chi connectivity index (χ2n) is 3.36. The van der Waals surface area contributed by atoms with E-state index in [1.807, 2.05) is 0 Å². The van der Waals surface area contributed by atoms with Gasteiger partial charge in [-0.1, -0.05) is 12.1 Å². The molecule has 0 bridgehead atoms. The number of hydrogen-bond donors (Lipinski definition) is 1. The Morgan fingerprint density at radius 3 is 2.80 bits per heavy atom. The highest BCUT2D eigenvalue weighted by Crippen LogP contribution is 2.33. The number of ether oxygens (including phenoxy) is 1. The van der Waals surface area contributed by atoms with Crippen LogP contribution in [0.3, 0.4) is 0 Å². The van der Waals surface area contributed by atoms with Gasteiger partial charge in [0.05, 0.1) is 5.69 Å². The zero-order valence-electron chi connectivity index (χ0n) is 7.91. The Bertz CT molecular complexity index is 446. The van der Waals surface area contributed by atoms with Crippen molar-refractivity contribution in [3.63, 3.8) is 0 Å². The first-order chi connectivity index (χ1) is 7.04. The zero-order valence-corrected chi connectivity index (χ0v) is 8.67. The van der Waals surface area contributed by atoms with Gasteiger partial charge in [0.25, 0.3) is 16.8 Å². The van der Waals surface area contributed by atoms with Gasteiger partial charge in [-0.05, 0) is 30.7 Å². The monoisotopic (exact) mass is 225 g/mol. The number of benzene rings is 1. The van der Waals surface area contributed by atoms with Crippen LogP contribution in [0.4, 0.5) is 5.69 Å². The van der Waals surface area contributed by atoms with Crippen molar-refractivity contribution in [2.75, 3.05) is 5.32 Å². The van der Waals surface area contributed by atoms with E-state index in [0.717, 1.165) is 0 Å². The molecule has 1 aliphatic rings. The SMILES string of the molecule is C[C@]1(C(=O)Cl)Oc2ccccc2NC1=O. The lowest BCUT2D eigenvalue weighted by atomic mass is 10.1. The number of para-hydroxylation sites is 2. The van der Waals surface area contributed by atoms with Gasteiger partial charge in [0, 0.05) is 0 Å². The number of anilines is 1. The predicted octanol–water partition coefficient (Wildman–Crippen LogP) is 1.54. The number of carbonyl (C=O) groups is 2. The fourth-order valence-corrected chi connectivity index (χ4v) is 1.42. The molecule has 5 heteroatoms. The van der Waals surface area contributed by atoms with Gasteiger partial charge in [0.15, 0.2) is 0 Å². The third-order valence-electron chi connectivity index (χ3n) is 2.26. The highest BCUT2D eigenvalue weighted by molar-refractivity contribution is 6.67. The molecule has 1 amide bonds. The molecule has 0 radical (unpaired) electrons. The number of hydrogen-bond acceptors (Lipinski definition) is 3. The maximum Gasteiger partial charge on any atom is 0.277 e. The van der Waals surface area contributed by atoms with Crippen LogP contribution in [-0.4, -0.2) is 16.8 Å². The van der Waals surface area contributed by atoms with Crippen LogP contribution in [-0.2, 0) is 9.59 Å². The Labute approximate surface area is 91.2 Å². The lowest BCUT2D eigenvalue weighted by Crippen LogP contribution is -2.52. The first-order valence-corrected chi connectivity index (χ1v) is 4.71. The van der Waals surface area contributed by atoms with Gasteiger partial charge >= 0.3 is 0 Å². The fourth-order valence-electron chi connectivity index (χ4n) is 1.30. The van der Waals surface area contributed by atoms with Crippen molar-refractivity contribution in [3.05, 3.63) is 24.3 Å². The molecule has 0 aromatic heterocycles. The maximum atomic E-state index is 11.6. The Kier molecular flexibility index (Phi) is 2.16. The standard InChI is InChI=1S/C10H8ClNO3/c1-10(8(11)13)9(14)12-6-4-2-3-5-7(6)15-10/h2-5H,1H3,(H,12,14)/t10-/m1/s1. The minimum absolute atomic E-state index is 0.439. The van der Waals surface area contributed by atoms with Crippen molar-refractivity contribution >= 4 is 28.4 Å². The van der Waals surface area contributed by atoms with Crippen LogP contribution in [0, 0.1) is 0 Å². The third kappa shape index (κ3) is 1.47. The molecule has 0 unspecified atom stereocenters. The Hall–Kier alpha value is -1.55. The van der Waals surface area contributed by atoms with E-state index in [4.69, 9.17) is 16.3 Å². The van der Waals surface area contributed by atoms with Gasteiger partial charge in [-0.2, -0.15) is 0 Å². The number of nitrogens with one attached hydrogen (secondary N) is 1. The number of carbonyl (C=O) groups excluding carboxylic acids is 2. The molecule has 78 valence electrons. The Balaban J connectivity index is 2.46. The lowest BCUT2D eigenvalue weighted by Gasteiger charge is -2.31. The van der Waals surface area contributed by atoms with E-state index in [9.17, 15) is 9.59 Å². The molecule has 0 fully saturated rings. The summed E-state index contributed by atoms with van der Waals surface area (Å²) in [6.07, 6.45) is 0. The summed E-state index contributed by atoms with van der Waals surface area (Å²) in [5, 5.41) is 1.72. The number of halogens is 1. The van der Waals surface area contributed by atoms with E-state index in [1.165, 1.54) is 6.92 Å². The minimum atomic E-state index is -1.64. The quantitative estimate of drug-likeness (QED) is 0.583. The van der Waals surface area contributed by atoms with E-state index in [-0.39, 0.29) is 0 Å². The van der Waals surface area contributed by atoms with Crippen molar-refractivity contribution in [1.29, 1.82) is 0 Å². The molecule has 1 heterocycles. The Morgan fingerprint density at radius 1 is 1.47 bits per heavy atom. The van der Waals surface area contributed by atoms with Crippen molar-refractivity contribution in [1.82, 2.24) is 0 Å². The summed E-state index contributed by atoms with van der Waals surface area (Å²) >= 11 is 5.33. The topological polar surface area (TPSA) is 55.4 Å². The van der Waals surface area contributed by atoms with E-state index in [1.54, 1.807) is 24.3 Å². The largest absolute Gasteiger partial charge is 0.466 e. The molecule has 1 atom stereocenters. The molecule has 1 N–H and O–H groups in total. The van der Waals surface area contributed by atoms with Crippen molar-refractivity contribution in [3.8, 4) is 5.75 Å².